The molecule has 0 aromatic rings. The SMILES string of the molecule is CC(C)C(=O)C(CCCCN)NC(=O)C(N)CCCN. The van der Waals surface area contributed by atoms with Gasteiger partial charge in [0.25, 0.3) is 0 Å². The van der Waals surface area contributed by atoms with Crippen molar-refractivity contribution in [3.63, 3.8) is 0 Å². The average molecular weight is 286 g/mol. The summed E-state index contributed by atoms with van der Waals surface area (Å²) in [6.07, 6.45) is 3.51. The third-order valence-electron chi connectivity index (χ3n) is 3.23. The molecule has 6 nitrogen and oxygen atoms in total. The molecule has 0 saturated heterocycles. The van der Waals surface area contributed by atoms with Gasteiger partial charge in [-0.3, -0.25) is 9.59 Å². The first-order valence-corrected chi connectivity index (χ1v) is 7.43. The smallest absolute Gasteiger partial charge is 0.237 e. The molecule has 0 aromatic heterocycles. The van der Waals surface area contributed by atoms with Gasteiger partial charge in [-0.1, -0.05) is 13.8 Å². The highest BCUT2D eigenvalue weighted by atomic mass is 16.2. The lowest BCUT2D eigenvalue weighted by molar-refractivity contribution is -0.130. The Bertz CT molecular complexity index is 295. The molecule has 2 atom stereocenters. The van der Waals surface area contributed by atoms with Crippen molar-refractivity contribution >= 4 is 11.7 Å². The van der Waals surface area contributed by atoms with Crippen LogP contribution in [0.25, 0.3) is 0 Å². The zero-order valence-electron chi connectivity index (χ0n) is 12.7. The van der Waals surface area contributed by atoms with Gasteiger partial charge in [0.15, 0.2) is 5.78 Å². The molecule has 0 bridgehead atoms. The first kappa shape index (κ1) is 19.0. The molecule has 0 saturated carbocycles. The molecule has 118 valence electrons. The van der Waals surface area contributed by atoms with Crippen molar-refractivity contribution in [3.05, 3.63) is 0 Å². The fourth-order valence-electron chi connectivity index (χ4n) is 1.93. The van der Waals surface area contributed by atoms with Crippen molar-refractivity contribution in [3.8, 4) is 0 Å². The molecule has 2 unspecified atom stereocenters. The summed E-state index contributed by atoms with van der Waals surface area (Å²) in [4.78, 5) is 24.1. The van der Waals surface area contributed by atoms with E-state index in [9.17, 15) is 9.59 Å². The minimum absolute atomic E-state index is 0.0430. The number of carbonyl (C=O) groups excluding carboxylic acids is 2. The molecule has 6 heteroatoms. The average Bonchev–Trinajstić information content (AvgIpc) is 2.42. The Morgan fingerprint density at radius 1 is 1.00 bits per heavy atom. The summed E-state index contributed by atoms with van der Waals surface area (Å²) in [5.41, 5.74) is 16.6. The maximum atomic E-state index is 12.1. The van der Waals surface area contributed by atoms with Gasteiger partial charge in [0, 0.05) is 5.92 Å². The zero-order valence-corrected chi connectivity index (χ0v) is 12.7. The van der Waals surface area contributed by atoms with Crippen LogP contribution in [-0.2, 0) is 9.59 Å². The van der Waals surface area contributed by atoms with E-state index in [4.69, 9.17) is 17.2 Å². The third-order valence-corrected chi connectivity index (χ3v) is 3.23. The van der Waals surface area contributed by atoms with Crippen LogP contribution in [0.1, 0.15) is 46.0 Å². The van der Waals surface area contributed by atoms with Gasteiger partial charge < -0.3 is 22.5 Å². The Kier molecular flexibility index (Phi) is 10.2. The van der Waals surface area contributed by atoms with E-state index >= 15 is 0 Å². The van der Waals surface area contributed by atoms with Gasteiger partial charge in [0.1, 0.15) is 0 Å². The number of amides is 1. The second kappa shape index (κ2) is 10.8. The second-order valence-corrected chi connectivity index (χ2v) is 5.44. The molecule has 0 spiro atoms. The molecule has 0 rings (SSSR count). The highest BCUT2D eigenvalue weighted by Crippen LogP contribution is 2.08. The predicted octanol–water partition coefficient (Wildman–Crippen LogP) is -0.108. The van der Waals surface area contributed by atoms with E-state index in [-0.39, 0.29) is 17.6 Å². The number of rotatable bonds is 11. The van der Waals surface area contributed by atoms with Crippen LogP contribution in [-0.4, -0.2) is 36.9 Å². The molecule has 0 aliphatic rings. The molecule has 0 aromatic carbocycles. The molecular formula is C14H30N4O2. The minimum Gasteiger partial charge on any atom is -0.345 e. The van der Waals surface area contributed by atoms with Crippen LogP contribution in [0.3, 0.4) is 0 Å². The van der Waals surface area contributed by atoms with Crippen LogP contribution in [0.4, 0.5) is 0 Å². The number of Topliss-reactive ketones (excluding diaryl/α,β-unsaturated/α-hetero) is 1. The minimum atomic E-state index is -0.601. The van der Waals surface area contributed by atoms with Crippen molar-refractivity contribution in [1.82, 2.24) is 5.32 Å². The lowest BCUT2D eigenvalue weighted by atomic mass is 9.96. The third kappa shape index (κ3) is 7.57. The maximum Gasteiger partial charge on any atom is 0.237 e. The van der Waals surface area contributed by atoms with Gasteiger partial charge >= 0.3 is 0 Å². The van der Waals surface area contributed by atoms with Crippen molar-refractivity contribution in [2.75, 3.05) is 13.1 Å². The maximum absolute atomic E-state index is 12.1. The fourth-order valence-corrected chi connectivity index (χ4v) is 1.93. The van der Waals surface area contributed by atoms with Crippen molar-refractivity contribution in [2.45, 2.75) is 58.0 Å². The summed E-state index contributed by atoms with van der Waals surface area (Å²) in [6, 6.07) is -1.06. The number of nitrogens with one attached hydrogen (secondary N) is 1. The predicted molar refractivity (Wildman–Crippen MR) is 80.9 cm³/mol. The van der Waals surface area contributed by atoms with Crippen LogP contribution in [0.15, 0.2) is 0 Å². The monoisotopic (exact) mass is 286 g/mol. The molecule has 0 aliphatic carbocycles. The first-order chi connectivity index (χ1) is 9.43. The highest BCUT2D eigenvalue weighted by Gasteiger charge is 2.24. The largest absolute Gasteiger partial charge is 0.345 e. The van der Waals surface area contributed by atoms with Crippen LogP contribution >= 0.6 is 0 Å². The van der Waals surface area contributed by atoms with E-state index < -0.39 is 12.1 Å². The van der Waals surface area contributed by atoms with Crippen molar-refractivity contribution in [1.29, 1.82) is 0 Å². The number of hydrogen-bond donors (Lipinski definition) is 4. The molecule has 0 heterocycles. The van der Waals surface area contributed by atoms with Gasteiger partial charge in [0.2, 0.25) is 5.91 Å². The molecular weight excluding hydrogens is 256 g/mol. The summed E-state index contributed by atoms with van der Waals surface area (Å²) in [5, 5.41) is 2.77. The molecule has 7 N–H and O–H groups in total. The Labute approximate surface area is 121 Å². The van der Waals surface area contributed by atoms with E-state index in [0.717, 1.165) is 12.8 Å². The Morgan fingerprint density at radius 2 is 1.60 bits per heavy atom. The Hall–Kier alpha value is -0.980. The van der Waals surface area contributed by atoms with Crippen LogP contribution in [0, 0.1) is 5.92 Å². The lowest BCUT2D eigenvalue weighted by Gasteiger charge is -2.21. The van der Waals surface area contributed by atoms with Crippen molar-refractivity contribution in [2.24, 2.45) is 23.1 Å². The van der Waals surface area contributed by atoms with E-state index in [0.29, 0.717) is 32.4 Å². The summed E-state index contributed by atoms with van der Waals surface area (Å²) < 4.78 is 0. The van der Waals surface area contributed by atoms with E-state index in [1.807, 2.05) is 13.8 Å². The fraction of sp³-hybridized carbons (Fsp3) is 0.857. The standard InChI is InChI=1S/C14H30N4O2/c1-10(2)13(19)12(7-3-4-8-15)18-14(20)11(17)6-5-9-16/h10-12H,3-9,15-17H2,1-2H3,(H,18,20). The summed E-state index contributed by atoms with van der Waals surface area (Å²) >= 11 is 0. The van der Waals surface area contributed by atoms with E-state index in [2.05, 4.69) is 5.32 Å². The number of hydrogen-bond acceptors (Lipinski definition) is 5. The Morgan fingerprint density at radius 3 is 2.10 bits per heavy atom. The van der Waals surface area contributed by atoms with Crippen molar-refractivity contribution < 1.29 is 9.59 Å². The molecule has 0 aliphatic heterocycles. The summed E-state index contributed by atoms with van der Waals surface area (Å²) in [6.45, 7) is 4.76. The number of unbranched alkanes of at least 4 members (excludes halogenated alkanes) is 1. The normalized spacial score (nSPS) is 14.1. The molecule has 20 heavy (non-hydrogen) atoms. The van der Waals surface area contributed by atoms with Crippen LogP contribution < -0.4 is 22.5 Å². The van der Waals surface area contributed by atoms with Crippen LogP contribution in [0.2, 0.25) is 0 Å². The molecule has 0 radical (unpaired) electrons. The topological polar surface area (TPSA) is 124 Å². The van der Waals surface area contributed by atoms with Gasteiger partial charge in [-0.25, -0.2) is 0 Å². The number of nitrogens with two attached hydrogens (primary N) is 3. The van der Waals surface area contributed by atoms with Crippen LogP contribution in [0.5, 0.6) is 0 Å². The van der Waals surface area contributed by atoms with Gasteiger partial charge in [0.05, 0.1) is 12.1 Å². The van der Waals surface area contributed by atoms with E-state index in [1.54, 1.807) is 0 Å². The van der Waals surface area contributed by atoms with Gasteiger partial charge in [-0.15, -0.1) is 0 Å². The quantitative estimate of drug-likeness (QED) is 0.394. The second-order valence-electron chi connectivity index (χ2n) is 5.44. The van der Waals surface area contributed by atoms with Gasteiger partial charge in [-0.2, -0.15) is 0 Å². The Balaban J connectivity index is 4.46. The lowest BCUT2D eigenvalue weighted by Crippen LogP contribution is -2.49. The summed E-state index contributed by atoms with van der Waals surface area (Å²) in [5.74, 6) is -0.343. The molecule has 0 fully saturated rings. The number of carbonyl (C=O) groups is 2. The molecule has 1 amide bonds. The first-order valence-electron chi connectivity index (χ1n) is 7.43. The van der Waals surface area contributed by atoms with Gasteiger partial charge in [-0.05, 0) is 45.2 Å². The highest BCUT2D eigenvalue weighted by molar-refractivity contribution is 5.91. The summed E-state index contributed by atoms with van der Waals surface area (Å²) in [7, 11) is 0. The van der Waals surface area contributed by atoms with E-state index in [1.165, 1.54) is 0 Å². The number of ketones is 1. The zero-order chi connectivity index (χ0) is 15.5.